The highest BCUT2D eigenvalue weighted by Crippen LogP contribution is 2.34. The van der Waals surface area contributed by atoms with E-state index in [0.29, 0.717) is 0 Å². The van der Waals surface area contributed by atoms with Crippen LogP contribution in [-0.2, 0) is 0 Å². The molecule has 0 bridgehead atoms. The zero-order chi connectivity index (χ0) is 18.2. The topological polar surface area (TPSA) is 0 Å². The van der Waals surface area contributed by atoms with Crippen molar-refractivity contribution in [3.8, 4) is 0 Å². The van der Waals surface area contributed by atoms with Gasteiger partial charge in [0.05, 0.1) is 0 Å². The Morgan fingerprint density at radius 2 is 1.50 bits per heavy atom. The molecule has 0 atom stereocenters. The van der Waals surface area contributed by atoms with Gasteiger partial charge in [-0.05, 0) is 55.7 Å². The first kappa shape index (κ1) is 20.2. The smallest absolute Gasteiger partial charge is 0.0107 e. The Labute approximate surface area is 149 Å². The molecular weight excluding hydrogens is 288 g/mol. The van der Waals surface area contributed by atoms with E-state index in [0.717, 1.165) is 12.8 Å². The third-order valence-corrected chi connectivity index (χ3v) is 5.01. The average Bonchev–Trinajstić information content (AvgIpc) is 2.60. The largest absolute Gasteiger partial charge is 0.0847 e. The highest BCUT2D eigenvalue weighted by Gasteiger charge is 2.20. The summed E-state index contributed by atoms with van der Waals surface area (Å²) in [5, 5.41) is 0. The summed E-state index contributed by atoms with van der Waals surface area (Å²) in [6.45, 7) is 15.7. The van der Waals surface area contributed by atoms with Gasteiger partial charge in [-0.15, -0.1) is 0 Å². The van der Waals surface area contributed by atoms with E-state index in [1.807, 2.05) is 0 Å². The minimum atomic E-state index is 0.211. The lowest BCUT2D eigenvalue weighted by atomic mass is 9.78. The zero-order valence-corrected chi connectivity index (χ0v) is 16.6. The van der Waals surface area contributed by atoms with Crippen LogP contribution >= 0.6 is 0 Å². The molecule has 0 heteroatoms. The fourth-order valence-corrected chi connectivity index (χ4v) is 2.63. The van der Waals surface area contributed by atoms with Crippen LogP contribution in [0.5, 0.6) is 0 Å². The Bertz CT molecular complexity index is 648. The van der Waals surface area contributed by atoms with Crippen molar-refractivity contribution in [3.63, 3.8) is 0 Å². The molecule has 0 spiro atoms. The molecule has 0 aliphatic carbocycles. The molecule has 0 saturated carbocycles. The van der Waals surface area contributed by atoms with Gasteiger partial charge in [-0.3, -0.25) is 0 Å². The van der Waals surface area contributed by atoms with Crippen LogP contribution in [0.25, 0.3) is 12.2 Å². The van der Waals surface area contributed by atoms with Crippen LogP contribution in [0.4, 0.5) is 0 Å². The Hall–Kier alpha value is -1.82. The minimum absolute atomic E-state index is 0.211. The molecule has 0 nitrogen and oxygen atoms in total. The fourth-order valence-electron chi connectivity index (χ4n) is 2.63. The van der Waals surface area contributed by atoms with Crippen molar-refractivity contribution in [2.24, 2.45) is 5.41 Å². The van der Waals surface area contributed by atoms with Crippen molar-refractivity contribution < 1.29 is 0 Å². The Balaban J connectivity index is 3.24. The van der Waals surface area contributed by atoms with E-state index >= 15 is 0 Å². The SMILES string of the molecule is C/C=C(C)/C=C/c1ccccc1/C=C/C(=C(\C)CC)C(C)(C)CC. The van der Waals surface area contributed by atoms with Gasteiger partial charge in [0.2, 0.25) is 0 Å². The number of benzene rings is 1. The molecule has 0 saturated heterocycles. The number of hydrogen-bond donors (Lipinski definition) is 0. The molecule has 24 heavy (non-hydrogen) atoms. The summed E-state index contributed by atoms with van der Waals surface area (Å²) >= 11 is 0. The molecule has 0 heterocycles. The summed E-state index contributed by atoms with van der Waals surface area (Å²) in [4.78, 5) is 0. The van der Waals surface area contributed by atoms with Crippen LogP contribution in [0.1, 0.15) is 72.4 Å². The van der Waals surface area contributed by atoms with Gasteiger partial charge in [0, 0.05) is 0 Å². The minimum Gasteiger partial charge on any atom is -0.0847 e. The van der Waals surface area contributed by atoms with Crippen LogP contribution in [0.3, 0.4) is 0 Å². The molecule has 0 fully saturated rings. The molecule has 0 radical (unpaired) electrons. The van der Waals surface area contributed by atoms with Gasteiger partial charge in [-0.2, -0.15) is 0 Å². The highest BCUT2D eigenvalue weighted by atomic mass is 14.2. The van der Waals surface area contributed by atoms with Crippen molar-refractivity contribution in [3.05, 3.63) is 70.3 Å². The summed E-state index contributed by atoms with van der Waals surface area (Å²) in [6.07, 6.45) is 13.4. The lowest BCUT2D eigenvalue weighted by Crippen LogP contribution is -2.13. The molecule has 130 valence electrons. The van der Waals surface area contributed by atoms with E-state index in [1.54, 1.807) is 0 Å². The van der Waals surface area contributed by atoms with Gasteiger partial charge in [-0.25, -0.2) is 0 Å². The van der Waals surface area contributed by atoms with Crippen molar-refractivity contribution in [2.75, 3.05) is 0 Å². The molecule has 0 aliphatic heterocycles. The zero-order valence-electron chi connectivity index (χ0n) is 16.6. The van der Waals surface area contributed by atoms with Crippen molar-refractivity contribution >= 4 is 12.2 Å². The summed E-state index contributed by atoms with van der Waals surface area (Å²) < 4.78 is 0. The number of hydrogen-bond acceptors (Lipinski definition) is 0. The second-order valence-corrected chi connectivity index (χ2v) is 7.11. The summed E-state index contributed by atoms with van der Waals surface area (Å²) in [5.41, 5.74) is 6.97. The first-order chi connectivity index (χ1) is 11.4. The van der Waals surface area contributed by atoms with Crippen LogP contribution in [0.15, 0.2) is 59.2 Å². The molecule has 0 aliphatic rings. The van der Waals surface area contributed by atoms with Gasteiger partial charge in [0.1, 0.15) is 0 Å². The summed E-state index contributed by atoms with van der Waals surface area (Å²) in [6, 6.07) is 8.59. The average molecular weight is 323 g/mol. The standard InChI is InChI=1S/C24H34/c1-8-19(4)15-16-21-13-11-12-14-22(21)17-18-23(20(5)9-2)24(6,7)10-3/h8,11-18H,9-10H2,1-7H3/b16-15+,18-17+,19-8+,23-20-. The molecular formula is C24H34. The fraction of sp³-hybridized carbons (Fsp3) is 0.417. The Morgan fingerprint density at radius 1 is 0.958 bits per heavy atom. The first-order valence-electron chi connectivity index (χ1n) is 9.14. The van der Waals surface area contributed by atoms with Crippen LogP contribution in [0.2, 0.25) is 0 Å². The van der Waals surface area contributed by atoms with Crippen LogP contribution in [-0.4, -0.2) is 0 Å². The third kappa shape index (κ3) is 5.67. The number of allylic oxidation sites excluding steroid dienone is 6. The second kappa shape index (κ2) is 9.47. The predicted molar refractivity (Wildman–Crippen MR) is 111 cm³/mol. The summed E-state index contributed by atoms with van der Waals surface area (Å²) in [7, 11) is 0. The molecule has 0 aromatic heterocycles. The maximum Gasteiger partial charge on any atom is -0.0107 e. The first-order valence-corrected chi connectivity index (χ1v) is 9.14. The van der Waals surface area contributed by atoms with Crippen molar-refractivity contribution in [1.82, 2.24) is 0 Å². The Morgan fingerprint density at radius 3 is 1.96 bits per heavy atom. The number of rotatable bonds is 7. The van der Waals surface area contributed by atoms with E-state index in [9.17, 15) is 0 Å². The summed E-state index contributed by atoms with van der Waals surface area (Å²) in [5.74, 6) is 0. The molecule has 0 N–H and O–H groups in total. The maximum absolute atomic E-state index is 2.34. The molecule has 0 unspecified atom stereocenters. The van der Waals surface area contributed by atoms with Gasteiger partial charge >= 0.3 is 0 Å². The van der Waals surface area contributed by atoms with Gasteiger partial charge in [0.25, 0.3) is 0 Å². The van der Waals surface area contributed by atoms with Gasteiger partial charge in [-0.1, -0.05) is 93.5 Å². The molecule has 1 aromatic carbocycles. The Kier molecular flexibility index (Phi) is 7.98. The van der Waals surface area contributed by atoms with Gasteiger partial charge < -0.3 is 0 Å². The maximum atomic E-state index is 2.34. The normalized spacial score (nSPS) is 14.5. The second-order valence-electron chi connectivity index (χ2n) is 7.11. The van der Waals surface area contributed by atoms with E-state index in [-0.39, 0.29) is 5.41 Å². The van der Waals surface area contributed by atoms with E-state index in [4.69, 9.17) is 0 Å². The third-order valence-electron chi connectivity index (χ3n) is 5.01. The highest BCUT2D eigenvalue weighted by molar-refractivity contribution is 5.67. The molecule has 0 amide bonds. The molecule has 1 aromatic rings. The van der Waals surface area contributed by atoms with E-state index < -0.39 is 0 Å². The van der Waals surface area contributed by atoms with Crippen LogP contribution < -0.4 is 0 Å². The molecule has 1 rings (SSSR count). The van der Waals surface area contributed by atoms with Crippen LogP contribution in [0, 0.1) is 5.41 Å². The lowest BCUT2D eigenvalue weighted by molar-refractivity contribution is 0.435. The van der Waals surface area contributed by atoms with Gasteiger partial charge in [0.15, 0.2) is 0 Å². The van der Waals surface area contributed by atoms with Crippen molar-refractivity contribution in [2.45, 2.75) is 61.3 Å². The van der Waals surface area contributed by atoms with E-state index in [2.05, 4.69) is 103 Å². The van der Waals surface area contributed by atoms with E-state index in [1.165, 1.54) is 27.8 Å². The monoisotopic (exact) mass is 322 g/mol. The van der Waals surface area contributed by atoms with Crippen molar-refractivity contribution in [1.29, 1.82) is 0 Å². The lowest BCUT2D eigenvalue weighted by Gasteiger charge is -2.27. The predicted octanol–water partition coefficient (Wildman–Crippen LogP) is 7.84. The quantitative estimate of drug-likeness (QED) is 0.448.